The highest BCUT2D eigenvalue weighted by Crippen LogP contribution is 2.25. The fourth-order valence-corrected chi connectivity index (χ4v) is 2.91. The predicted octanol–water partition coefficient (Wildman–Crippen LogP) is 2.40. The number of carboxylic acid groups (broad SMARTS) is 1. The van der Waals surface area contributed by atoms with Crippen molar-refractivity contribution in [2.45, 2.75) is 20.4 Å². The van der Waals surface area contributed by atoms with Gasteiger partial charge in [-0.3, -0.25) is 9.59 Å². The first-order valence-electron chi connectivity index (χ1n) is 8.75. The molecule has 0 saturated heterocycles. The molecule has 0 aliphatic carbocycles. The molecular weight excluding hydrogens is 360 g/mol. The molecule has 2 aromatic carbocycles. The van der Waals surface area contributed by atoms with E-state index in [1.54, 1.807) is 57.1 Å². The van der Waals surface area contributed by atoms with Gasteiger partial charge in [-0.2, -0.15) is 0 Å². The number of nitrogens with zero attached hydrogens (tertiary/aromatic N) is 1. The quantitative estimate of drug-likeness (QED) is 0.764. The van der Waals surface area contributed by atoms with Crippen LogP contribution in [0.25, 0.3) is 0 Å². The number of hydrogen-bond donors (Lipinski definition) is 2. The van der Waals surface area contributed by atoms with Crippen molar-refractivity contribution in [1.82, 2.24) is 10.2 Å². The molecule has 0 aliphatic heterocycles. The highest BCUT2D eigenvalue weighted by Gasteiger charge is 2.16. The minimum absolute atomic E-state index is 0.160. The first kappa shape index (κ1) is 21.0. The third-order valence-electron chi connectivity index (χ3n) is 4.26. The number of ether oxygens (including phenoxy) is 1. The molecule has 0 aliphatic rings. The van der Waals surface area contributed by atoms with Crippen molar-refractivity contribution in [3.05, 3.63) is 64.2 Å². The molecule has 2 aromatic rings. The summed E-state index contributed by atoms with van der Waals surface area (Å²) in [6.45, 7) is 3.51. The SMILES string of the molecule is CNC(=O)c1ccc(CN(C)C(=O)c2cc(C)c(OCC(=O)O)c(C)c2)cc1. The monoisotopic (exact) mass is 384 g/mol. The summed E-state index contributed by atoms with van der Waals surface area (Å²) in [5.41, 5.74) is 3.37. The molecule has 28 heavy (non-hydrogen) atoms. The average Bonchev–Trinajstić information content (AvgIpc) is 2.66. The first-order chi connectivity index (χ1) is 13.2. The lowest BCUT2D eigenvalue weighted by Crippen LogP contribution is -2.26. The van der Waals surface area contributed by atoms with Crippen LogP contribution in [0.4, 0.5) is 0 Å². The Morgan fingerprint density at radius 3 is 2.11 bits per heavy atom. The summed E-state index contributed by atoms with van der Waals surface area (Å²) in [5, 5.41) is 11.3. The molecule has 2 rings (SSSR count). The van der Waals surface area contributed by atoms with Crippen molar-refractivity contribution in [3.8, 4) is 5.75 Å². The summed E-state index contributed by atoms with van der Waals surface area (Å²) in [5.74, 6) is -0.897. The van der Waals surface area contributed by atoms with Gasteiger partial charge < -0.3 is 20.1 Å². The van der Waals surface area contributed by atoms with Gasteiger partial charge >= 0.3 is 5.97 Å². The van der Waals surface area contributed by atoms with Gasteiger partial charge in [0.2, 0.25) is 0 Å². The van der Waals surface area contributed by atoms with Crippen molar-refractivity contribution >= 4 is 17.8 Å². The van der Waals surface area contributed by atoms with Crippen LogP contribution in [0.2, 0.25) is 0 Å². The zero-order chi connectivity index (χ0) is 20.8. The number of aliphatic carboxylic acids is 1. The van der Waals surface area contributed by atoms with Crippen molar-refractivity contribution in [2.75, 3.05) is 20.7 Å². The highest BCUT2D eigenvalue weighted by atomic mass is 16.5. The van der Waals surface area contributed by atoms with Crippen LogP contribution in [0.5, 0.6) is 5.75 Å². The van der Waals surface area contributed by atoms with Gasteiger partial charge in [0.15, 0.2) is 6.61 Å². The smallest absolute Gasteiger partial charge is 0.341 e. The average molecular weight is 384 g/mol. The maximum absolute atomic E-state index is 12.8. The molecule has 0 fully saturated rings. The molecule has 0 radical (unpaired) electrons. The Bertz CT molecular complexity index is 867. The van der Waals surface area contributed by atoms with Gasteiger partial charge in [0.05, 0.1) is 0 Å². The molecule has 148 valence electrons. The van der Waals surface area contributed by atoms with Crippen LogP contribution in [-0.2, 0) is 11.3 Å². The molecule has 2 N–H and O–H groups in total. The minimum atomic E-state index is -1.05. The van der Waals surface area contributed by atoms with E-state index in [0.29, 0.717) is 34.5 Å². The standard InChI is InChI=1S/C21H24N2O5/c1-13-9-17(10-14(2)19(13)28-12-18(24)25)21(27)23(4)11-15-5-7-16(8-6-15)20(26)22-3/h5-10H,11-12H2,1-4H3,(H,22,26)(H,24,25). The largest absolute Gasteiger partial charge is 0.481 e. The van der Waals surface area contributed by atoms with E-state index >= 15 is 0 Å². The first-order valence-corrected chi connectivity index (χ1v) is 8.75. The molecule has 0 saturated carbocycles. The number of carbonyl (C=O) groups is 3. The Kier molecular flexibility index (Phi) is 6.76. The second kappa shape index (κ2) is 9.03. The van der Waals surface area contributed by atoms with Crippen molar-refractivity contribution in [3.63, 3.8) is 0 Å². The molecule has 0 spiro atoms. The van der Waals surface area contributed by atoms with Crippen molar-refractivity contribution < 1.29 is 24.2 Å². The fourth-order valence-electron chi connectivity index (χ4n) is 2.91. The van der Waals surface area contributed by atoms with Crippen LogP contribution in [0.3, 0.4) is 0 Å². The van der Waals surface area contributed by atoms with Crippen LogP contribution in [0, 0.1) is 13.8 Å². The maximum atomic E-state index is 12.8. The number of nitrogens with one attached hydrogen (secondary N) is 1. The van der Waals surface area contributed by atoms with Gasteiger partial charge in [-0.15, -0.1) is 0 Å². The number of carbonyl (C=O) groups excluding carboxylic acids is 2. The summed E-state index contributed by atoms with van der Waals surface area (Å²) >= 11 is 0. The summed E-state index contributed by atoms with van der Waals surface area (Å²) in [6, 6.07) is 10.4. The lowest BCUT2D eigenvalue weighted by molar-refractivity contribution is -0.139. The minimum Gasteiger partial charge on any atom is -0.481 e. The molecule has 0 unspecified atom stereocenters. The Labute approximate surface area is 163 Å². The fraction of sp³-hybridized carbons (Fsp3) is 0.286. The zero-order valence-corrected chi connectivity index (χ0v) is 16.4. The van der Waals surface area contributed by atoms with Crippen LogP contribution in [0.1, 0.15) is 37.4 Å². The summed E-state index contributed by atoms with van der Waals surface area (Å²) < 4.78 is 5.30. The Hall–Kier alpha value is -3.35. The number of benzene rings is 2. The number of hydrogen-bond acceptors (Lipinski definition) is 4. The third kappa shape index (κ3) is 5.09. The molecule has 0 bridgehead atoms. The van der Waals surface area contributed by atoms with Crippen molar-refractivity contribution in [1.29, 1.82) is 0 Å². The van der Waals surface area contributed by atoms with Gasteiger partial charge in [0.25, 0.3) is 11.8 Å². The number of carboxylic acids is 1. The molecule has 0 atom stereocenters. The molecule has 7 heteroatoms. The third-order valence-corrected chi connectivity index (χ3v) is 4.26. The summed E-state index contributed by atoms with van der Waals surface area (Å²) in [6.07, 6.45) is 0. The van der Waals surface area contributed by atoms with E-state index in [9.17, 15) is 14.4 Å². The molecule has 7 nitrogen and oxygen atoms in total. The number of amides is 2. The second-order valence-electron chi connectivity index (χ2n) is 6.56. The van der Waals surface area contributed by atoms with Crippen LogP contribution in [0.15, 0.2) is 36.4 Å². The van der Waals surface area contributed by atoms with Crippen molar-refractivity contribution in [2.24, 2.45) is 0 Å². The molecule has 0 heterocycles. The lowest BCUT2D eigenvalue weighted by Gasteiger charge is -2.19. The van der Waals surface area contributed by atoms with Gasteiger partial charge in [-0.25, -0.2) is 4.79 Å². The molecular formula is C21H24N2O5. The second-order valence-corrected chi connectivity index (χ2v) is 6.56. The summed E-state index contributed by atoms with van der Waals surface area (Å²) in [4.78, 5) is 36.7. The Morgan fingerprint density at radius 2 is 1.61 bits per heavy atom. The lowest BCUT2D eigenvalue weighted by atomic mass is 10.0. The van der Waals surface area contributed by atoms with Gasteiger partial charge in [-0.05, 0) is 54.8 Å². The normalized spacial score (nSPS) is 10.3. The number of aryl methyl sites for hydroxylation is 2. The van der Waals surface area contributed by atoms with E-state index in [-0.39, 0.29) is 11.8 Å². The van der Waals surface area contributed by atoms with E-state index in [4.69, 9.17) is 9.84 Å². The van der Waals surface area contributed by atoms with E-state index < -0.39 is 12.6 Å². The van der Waals surface area contributed by atoms with Crippen LogP contribution < -0.4 is 10.1 Å². The van der Waals surface area contributed by atoms with E-state index in [0.717, 1.165) is 5.56 Å². The molecule has 0 aromatic heterocycles. The topological polar surface area (TPSA) is 95.9 Å². The summed E-state index contributed by atoms with van der Waals surface area (Å²) in [7, 11) is 3.28. The maximum Gasteiger partial charge on any atom is 0.341 e. The highest BCUT2D eigenvalue weighted by molar-refractivity contribution is 5.95. The van der Waals surface area contributed by atoms with E-state index in [2.05, 4.69) is 5.32 Å². The van der Waals surface area contributed by atoms with E-state index in [1.165, 1.54) is 0 Å². The molecule has 2 amide bonds. The van der Waals surface area contributed by atoms with E-state index in [1.807, 2.05) is 12.1 Å². The van der Waals surface area contributed by atoms with Crippen LogP contribution in [-0.4, -0.2) is 48.5 Å². The Balaban J connectivity index is 2.12. The van der Waals surface area contributed by atoms with Gasteiger partial charge in [0.1, 0.15) is 5.75 Å². The number of rotatable bonds is 7. The zero-order valence-electron chi connectivity index (χ0n) is 16.4. The Morgan fingerprint density at radius 1 is 1.04 bits per heavy atom. The van der Waals surface area contributed by atoms with Gasteiger partial charge in [0, 0.05) is 31.8 Å². The van der Waals surface area contributed by atoms with Gasteiger partial charge in [-0.1, -0.05) is 12.1 Å². The predicted molar refractivity (Wildman–Crippen MR) is 105 cm³/mol. The van der Waals surface area contributed by atoms with Crippen LogP contribution >= 0.6 is 0 Å².